The van der Waals surface area contributed by atoms with Crippen molar-refractivity contribution in [1.29, 1.82) is 0 Å². The van der Waals surface area contributed by atoms with E-state index in [1.807, 2.05) is 0 Å². The second-order valence-corrected chi connectivity index (χ2v) is 6.90. The van der Waals surface area contributed by atoms with Crippen molar-refractivity contribution < 1.29 is 27.6 Å². The summed E-state index contributed by atoms with van der Waals surface area (Å²) in [5.74, 6) is -1.81. The summed E-state index contributed by atoms with van der Waals surface area (Å²) in [5.41, 5.74) is -1.33. The number of halogens is 5. The second-order valence-electron chi connectivity index (χ2n) is 6.11. The van der Waals surface area contributed by atoms with Gasteiger partial charge < -0.3 is 10.6 Å². The van der Waals surface area contributed by atoms with Gasteiger partial charge in [0.05, 0.1) is 21.3 Å². The van der Waals surface area contributed by atoms with Crippen molar-refractivity contribution in [3.8, 4) is 0 Å². The summed E-state index contributed by atoms with van der Waals surface area (Å²) in [6, 6.07) is 8.15. The molecule has 1 aliphatic heterocycles. The number of hydrogen-bond acceptors (Lipinski definition) is 3. The molecule has 2 aromatic carbocycles. The van der Waals surface area contributed by atoms with Crippen LogP contribution in [0.15, 0.2) is 48.2 Å². The molecule has 4 amide bonds. The highest BCUT2D eigenvalue weighted by molar-refractivity contribution is 6.43. The fourth-order valence-electron chi connectivity index (χ4n) is 2.68. The largest absolute Gasteiger partial charge is 0.418 e. The van der Waals surface area contributed by atoms with Gasteiger partial charge >= 0.3 is 12.2 Å². The van der Waals surface area contributed by atoms with Gasteiger partial charge in [0.15, 0.2) is 0 Å². The minimum atomic E-state index is -4.68. The first-order valence-electron chi connectivity index (χ1n) is 8.32. The summed E-state index contributed by atoms with van der Waals surface area (Å²) in [5, 5.41) is 4.77. The predicted octanol–water partition coefficient (Wildman–Crippen LogP) is 4.54. The summed E-state index contributed by atoms with van der Waals surface area (Å²) in [6.07, 6.45) is -3.40. The molecule has 156 valence electrons. The number of rotatable bonds is 4. The van der Waals surface area contributed by atoms with E-state index in [1.165, 1.54) is 24.3 Å². The molecule has 0 aromatic heterocycles. The average molecular weight is 458 g/mol. The molecular weight excluding hydrogens is 446 g/mol. The van der Waals surface area contributed by atoms with Crippen LogP contribution in [0.4, 0.5) is 23.7 Å². The van der Waals surface area contributed by atoms with Gasteiger partial charge in [-0.2, -0.15) is 13.2 Å². The molecule has 0 radical (unpaired) electrons. The lowest BCUT2D eigenvalue weighted by Crippen LogP contribution is -2.38. The minimum absolute atomic E-state index is 0.160. The zero-order chi connectivity index (χ0) is 22.1. The highest BCUT2D eigenvalue weighted by atomic mass is 35.5. The molecule has 0 aliphatic carbocycles. The summed E-state index contributed by atoms with van der Waals surface area (Å²) in [7, 11) is 0. The first kappa shape index (κ1) is 21.7. The van der Waals surface area contributed by atoms with Crippen LogP contribution in [0.5, 0.6) is 0 Å². The van der Waals surface area contributed by atoms with Crippen LogP contribution < -0.4 is 10.6 Å². The molecule has 6 nitrogen and oxygen atoms in total. The molecule has 1 heterocycles. The zero-order valence-corrected chi connectivity index (χ0v) is 16.4. The fourth-order valence-corrected chi connectivity index (χ4v) is 3.04. The van der Waals surface area contributed by atoms with Crippen molar-refractivity contribution in [3.05, 3.63) is 69.3 Å². The van der Waals surface area contributed by atoms with Crippen LogP contribution in [0.25, 0.3) is 6.08 Å². The third-order valence-corrected chi connectivity index (χ3v) is 4.89. The summed E-state index contributed by atoms with van der Waals surface area (Å²) >= 11 is 12.0. The van der Waals surface area contributed by atoms with Crippen LogP contribution in [-0.2, 0) is 15.8 Å². The monoisotopic (exact) mass is 457 g/mol. The van der Waals surface area contributed by atoms with Crippen LogP contribution in [0.1, 0.15) is 11.1 Å². The molecule has 0 saturated carbocycles. The van der Waals surface area contributed by atoms with Crippen LogP contribution in [0, 0.1) is 0 Å². The lowest BCUT2D eigenvalue weighted by atomic mass is 10.1. The molecule has 2 N–H and O–H groups in total. The molecule has 1 fully saturated rings. The van der Waals surface area contributed by atoms with E-state index in [0.717, 1.165) is 12.1 Å². The van der Waals surface area contributed by atoms with E-state index in [-0.39, 0.29) is 15.7 Å². The Bertz CT molecular complexity index is 1070. The molecule has 2 aromatic rings. The third kappa shape index (κ3) is 4.58. The summed E-state index contributed by atoms with van der Waals surface area (Å²) in [6.45, 7) is -0.780. The maximum atomic E-state index is 13.0. The predicted molar refractivity (Wildman–Crippen MR) is 105 cm³/mol. The van der Waals surface area contributed by atoms with Gasteiger partial charge in [-0.3, -0.25) is 9.59 Å². The van der Waals surface area contributed by atoms with Crippen molar-refractivity contribution >= 4 is 52.8 Å². The van der Waals surface area contributed by atoms with Crippen molar-refractivity contribution in [1.82, 2.24) is 10.2 Å². The Morgan fingerprint density at radius 3 is 2.50 bits per heavy atom. The molecule has 1 aliphatic rings. The molecule has 11 heteroatoms. The Kier molecular flexibility index (Phi) is 6.04. The lowest BCUT2D eigenvalue weighted by molar-refractivity contribution is -0.137. The highest BCUT2D eigenvalue weighted by Crippen LogP contribution is 2.34. The number of benzene rings is 2. The highest BCUT2D eigenvalue weighted by Gasteiger charge is 2.36. The Hall–Kier alpha value is -3.04. The number of alkyl halides is 3. The lowest BCUT2D eigenvalue weighted by Gasteiger charge is -2.15. The number of nitrogens with zero attached hydrogens (tertiary/aromatic N) is 1. The van der Waals surface area contributed by atoms with E-state index < -0.39 is 41.8 Å². The van der Waals surface area contributed by atoms with Gasteiger partial charge in [-0.1, -0.05) is 47.5 Å². The number of imide groups is 1. The molecule has 0 bridgehead atoms. The van der Waals surface area contributed by atoms with Crippen LogP contribution in [0.2, 0.25) is 10.0 Å². The van der Waals surface area contributed by atoms with E-state index in [1.54, 1.807) is 12.1 Å². The van der Waals surface area contributed by atoms with Crippen molar-refractivity contribution in [2.45, 2.75) is 6.18 Å². The minimum Gasteiger partial charge on any atom is -0.324 e. The van der Waals surface area contributed by atoms with Gasteiger partial charge in [-0.05, 0) is 29.8 Å². The van der Waals surface area contributed by atoms with Crippen molar-refractivity contribution in [2.24, 2.45) is 0 Å². The molecule has 1 saturated heterocycles. The Labute approximate surface area is 178 Å². The number of nitrogens with one attached hydrogen (secondary N) is 2. The normalized spacial score (nSPS) is 15.5. The number of carbonyl (C=O) groups is 3. The quantitative estimate of drug-likeness (QED) is 0.522. The molecule has 0 spiro atoms. The van der Waals surface area contributed by atoms with Crippen LogP contribution >= 0.6 is 23.2 Å². The standard InChI is InChI=1S/C19H12Cl2F3N3O3/c20-12-6-3-4-10(16(12)21)8-14-17(29)27(18(30)26-14)9-15(28)25-13-7-2-1-5-11(13)19(22,23)24/h1-8H,9H2,(H,25,28)(H,26,30)/b14-8-. The van der Waals surface area contributed by atoms with Gasteiger partial charge in [0.25, 0.3) is 5.91 Å². The number of urea groups is 1. The summed E-state index contributed by atoms with van der Waals surface area (Å²) < 4.78 is 39.1. The third-order valence-electron chi connectivity index (χ3n) is 4.05. The fraction of sp³-hybridized carbons (Fsp3) is 0.105. The Morgan fingerprint density at radius 1 is 1.10 bits per heavy atom. The number of para-hydroxylation sites is 1. The van der Waals surface area contributed by atoms with Gasteiger partial charge in [0.2, 0.25) is 5.91 Å². The Morgan fingerprint density at radius 2 is 1.80 bits per heavy atom. The number of hydrogen-bond donors (Lipinski definition) is 2. The van der Waals surface area contributed by atoms with E-state index in [2.05, 4.69) is 10.6 Å². The van der Waals surface area contributed by atoms with E-state index >= 15 is 0 Å². The maximum Gasteiger partial charge on any atom is 0.418 e. The maximum absolute atomic E-state index is 13.0. The van der Waals surface area contributed by atoms with Gasteiger partial charge in [0, 0.05) is 0 Å². The van der Waals surface area contributed by atoms with Crippen LogP contribution in [0.3, 0.4) is 0 Å². The van der Waals surface area contributed by atoms with Crippen molar-refractivity contribution in [2.75, 3.05) is 11.9 Å². The first-order chi connectivity index (χ1) is 14.1. The van der Waals surface area contributed by atoms with E-state index in [4.69, 9.17) is 23.2 Å². The van der Waals surface area contributed by atoms with Gasteiger partial charge in [0.1, 0.15) is 12.2 Å². The van der Waals surface area contributed by atoms with E-state index in [9.17, 15) is 27.6 Å². The topological polar surface area (TPSA) is 78.5 Å². The Balaban J connectivity index is 1.76. The molecule has 30 heavy (non-hydrogen) atoms. The second kappa shape index (κ2) is 8.37. The van der Waals surface area contributed by atoms with Crippen LogP contribution in [-0.4, -0.2) is 29.3 Å². The van der Waals surface area contributed by atoms with Gasteiger partial charge in [-0.15, -0.1) is 0 Å². The molecule has 0 unspecified atom stereocenters. The van der Waals surface area contributed by atoms with Gasteiger partial charge in [-0.25, -0.2) is 9.69 Å². The molecule has 3 rings (SSSR count). The van der Waals surface area contributed by atoms with E-state index in [0.29, 0.717) is 10.5 Å². The molecule has 0 atom stereocenters. The van der Waals surface area contributed by atoms with Crippen molar-refractivity contribution in [3.63, 3.8) is 0 Å². The zero-order valence-electron chi connectivity index (χ0n) is 14.9. The average Bonchev–Trinajstić information content (AvgIpc) is 2.92. The first-order valence-corrected chi connectivity index (χ1v) is 9.08. The summed E-state index contributed by atoms with van der Waals surface area (Å²) in [4.78, 5) is 37.3. The number of amides is 4. The SMILES string of the molecule is O=C(CN1C(=O)N/C(=C\c2cccc(Cl)c2Cl)C1=O)Nc1ccccc1C(F)(F)F. The smallest absolute Gasteiger partial charge is 0.324 e. The molecular formula is C19H12Cl2F3N3O3. The number of carbonyl (C=O) groups excluding carboxylic acids is 3. The number of anilines is 1.